The molecule has 0 aliphatic carbocycles. The maximum absolute atomic E-state index is 13.3. The summed E-state index contributed by atoms with van der Waals surface area (Å²) in [6, 6.07) is 11.6. The first kappa shape index (κ1) is 24.4. The molecule has 1 aromatic heterocycles. The number of rotatable bonds is 9. The van der Waals surface area contributed by atoms with E-state index in [0.29, 0.717) is 67.7 Å². The van der Waals surface area contributed by atoms with E-state index in [9.17, 15) is 14.7 Å². The van der Waals surface area contributed by atoms with Crippen LogP contribution in [0.5, 0.6) is 17.2 Å². The third kappa shape index (κ3) is 5.02. The second-order valence-corrected chi connectivity index (χ2v) is 8.92. The van der Waals surface area contributed by atoms with Gasteiger partial charge in [-0.15, -0.1) is 0 Å². The molecule has 0 spiro atoms. The summed E-state index contributed by atoms with van der Waals surface area (Å²) in [5.41, 5.74) is 1.14. The van der Waals surface area contributed by atoms with Gasteiger partial charge in [0, 0.05) is 31.0 Å². The van der Waals surface area contributed by atoms with Gasteiger partial charge in [-0.1, -0.05) is 19.1 Å². The highest BCUT2D eigenvalue weighted by atomic mass is 16.6. The minimum Gasteiger partial charge on any atom is -0.507 e. The van der Waals surface area contributed by atoms with Crippen LogP contribution >= 0.6 is 0 Å². The Morgan fingerprint density at radius 3 is 2.59 bits per heavy atom. The first-order chi connectivity index (χ1) is 18.1. The maximum Gasteiger partial charge on any atom is 0.295 e. The molecular formula is C28H29N3O6. The Balaban J connectivity index is 1.50. The predicted molar refractivity (Wildman–Crippen MR) is 136 cm³/mol. The van der Waals surface area contributed by atoms with Gasteiger partial charge < -0.3 is 28.8 Å². The Morgan fingerprint density at radius 1 is 1.08 bits per heavy atom. The van der Waals surface area contributed by atoms with E-state index in [1.807, 2.05) is 42.0 Å². The Labute approximate surface area is 214 Å². The number of aliphatic hydroxyl groups is 1. The first-order valence-corrected chi connectivity index (χ1v) is 12.4. The van der Waals surface area contributed by atoms with E-state index in [0.717, 1.165) is 6.42 Å². The number of amides is 1. The topological polar surface area (TPSA) is 103 Å². The SMILES string of the molecule is CCCOc1ccc(C2C(=C(O)c3ccc4c(c3)OCCO4)C(=O)C(=O)N2CCCn2ccnc2)cc1. The Bertz CT molecular complexity index is 1300. The number of benzene rings is 2. The summed E-state index contributed by atoms with van der Waals surface area (Å²) >= 11 is 0. The highest BCUT2D eigenvalue weighted by Crippen LogP contribution is 2.41. The van der Waals surface area contributed by atoms with Crippen molar-refractivity contribution >= 4 is 17.4 Å². The monoisotopic (exact) mass is 503 g/mol. The zero-order valence-corrected chi connectivity index (χ0v) is 20.6. The molecule has 0 saturated carbocycles. The lowest BCUT2D eigenvalue weighted by Crippen LogP contribution is -2.31. The van der Waals surface area contributed by atoms with E-state index < -0.39 is 17.7 Å². The zero-order chi connectivity index (χ0) is 25.8. The average Bonchev–Trinajstić information content (AvgIpc) is 3.54. The van der Waals surface area contributed by atoms with Crippen molar-refractivity contribution in [3.8, 4) is 17.2 Å². The summed E-state index contributed by atoms with van der Waals surface area (Å²) in [6.45, 7) is 4.44. The smallest absolute Gasteiger partial charge is 0.295 e. The molecule has 3 aromatic rings. The number of hydrogen-bond donors (Lipinski definition) is 1. The van der Waals surface area contributed by atoms with Crippen LogP contribution in [-0.2, 0) is 16.1 Å². The van der Waals surface area contributed by atoms with E-state index in [-0.39, 0.29) is 11.3 Å². The molecule has 1 saturated heterocycles. The summed E-state index contributed by atoms with van der Waals surface area (Å²) in [6.07, 6.45) is 6.75. The normalized spacial score (nSPS) is 18.3. The van der Waals surface area contributed by atoms with Gasteiger partial charge in [0.25, 0.3) is 11.7 Å². The molecule has 3 heterocycles. The summed E-state index contributed by atoms with van der Waals surface area (Å²) in [7, 11) is 0. The van der Waals surface area contributed by atoms with Crippen molar-refractivity contribution in [2.75, 3.05) is 26.4 Å². The molecule has 2 aromatic carbocycles. The van der Waals surface area contributed by atoms with Gasteiger partial charge in [-0.2, -0.15) is 0 Å². The Morgan fingerprint density at radius 2 is 1.86 bits per heavy atom. The van der Waals surface area contributed by atoms with E-state index in [4.69, 9.17) is 14.2 Å². The lowest BCUT2D eigenvalue weighted by molar-refractivity contribution is -0.139. The maximum atomic E-state index is 13.3. The molecular weight excluding hydrogens is 474 g/mol. The summed E-state index contributed by atoms with van der Waals surface area (Å²) < 4.78 is 18.8. The van der Waals surface area contributed by atoms with E-state index in [1.54, 1.807) is 30.7 Å². The van der Waals surface area contributed by atoms with Crippen molar-refractivity contribution in [3.05, 3.63) is 77.9 Å². The van der Waals surface area contributed by atoms with E-state index >= 15 is 0 Å². The molecule has 9 nitrogen and oxygen atoms in total. The number of Topliss-reactive ketones (excluding diaryl/α,β-unsaturated/α-hetero) is 1. The molecule has 192 valence electrons. The Hall–Kier alpha value is -4.27. The Kier molecular flexibility index (Phi) is 7.11. The fraction of sp³-hybridized carbons (Fsp3) is 0.321. The number of carbonyl (C=O) groups is 2. The van der Waals surface area contributed by atoms with Gasteiger partial charge >= 0.3 is 0 Å². The minimum absolute atomic E-state index is 0.0477. The minimum atomic E-state index is -0.740. The predicted octanol–water partition coefficient (Wildman–Crippen LogP) is 3.96. The molecule has 0 radical (unpaired) electrons. The van der Waals surface area contributed by atoms with Crippen LogP contribution in [-0.4, -0.2) is 57.6 Å². The number of fused-ring (bicyclic) bond motifs is 1. The van der Waals surface area contributed by atoms with Crippen molar-refractivity contribution in [2.45, 2.75) is 32.4 Å². The average molecular weight is 504 g/mol. The van der Waals surface area contributed by atoms with Gasteiger partial charge in [0.2, 0.25) is 0 Å². The number of hydrogen-bond acceptors (Lipinski definition) is 7. The zero-order valence-electron chi connectivity index (χ0n) is 20.6. The van der Waals surface area contributed by atoms with Crippen molar-refractivity contribution in [1.29, 1.82) is 0 Å². The number of aromatic nitrogens is 2. The quantitative estimate of drug-likeness (QED) is 0.268. The molecule has 0 bridgehead atoms. The van der Waals surface area contributed by atoms with Crippen molar-refractivity contribution < 1.29 is 28.9 Å². The fourth-order valence-corrected chi connectivity index (χ4v) is 4.61. The van der Waals surface area contributed by atoms with Gasteiger partial charge in [0.15, 0.2) is 11.5 Å². The van der Waals surface area contributed by atoms with Crippen LogP contribution < -0.4 is 14.2 Å². The summed E-state index contributed by atoms with van der Waals surface area (Å²) in [5.74, 6) is 0.159. The number of ketones is 1. The molecule has 2 aliphatic heterocycles. The number of aryl methyl sites for hydroxylation is 1. The van der Waals surface area contributed by atoms with Crippen molar-refractivity contribution in [3.63, 3.8) is 0 Å². The second kappa shape index (κ2) is 10.8. The van der Waals surface area contributed by atoms with Gasteiger partial charge in [0.05, 0.1) is 24.5 Å². The van der Waals surface area contributed by atoms with Gasteiger partial charge in [-0.25, -0.2) is 4.98 Å². The van der Waals surface area contributed by atoms with Gasteiger partial charge in [-0.05, 0) is 48.7 Å². The van der Waals surface area contributed by atoms with Crippen LogP contribution in [0, 0.1) is 0 Å². The van der Waals surface area contributed by atoms with E-state index in [2.05, 4.69) is 4.98 Å². The van der Waals surface area contributed by atoms with E-state index in [1.165, 1.54) is 4.90 Å². The fourth-order valence-electron chi connectivity index (χ4n) is 4.61. The molecule has 1 fully saturated rings. The van der Waals surface area contributed by atoms with Crippen LogP contribution in [0.15, 0.2) is 66.8 Å². The standard InChI is InChI=1S/C28H29N3O6/c1-2-14-35-21-7-4-19(5-8-21)25-24(26(32)20-6-9-22-23(17-20)37-16-15-36-22)27(33)28(34)31(25)12-3-11-30-13-10-29-18-30/h4-10,13,17-18,25,32H,2-3,11-12,14-16H2,1H3. The van der Waals surface area contributed by atoms with Gasteiger partial charge in [0.1, 0.15) is 24.7 Å². The number of aliphatic hydroxyl groups excluding tert-OH is 1. The van der Waals surface area contributed by atoms with Crippen molar-refractivity contribution in [2.24, 2.45) is 0 Å². The molecule has 1 unspecified atom stereocenters. The number of likely N-dealkylation sites (tertiary alicyclic amines) is 1. The third-order valence-corrected chi connectivity index (χ3v) is 6.40. The molecule has 37 heavy (non-hydrogen) atoms. The molecule has 5 rings (SSSR count). The third-order valence-electron chi connectivity index (χ3n) is 6.40. The van der Waals surface area contributed by atoms with Crippen molar-refractivity contribution in [1.82, 2.24) is 14.5 Å². The van der Waals surface area contributed by atoms with Crippen LogP contribution in [0.4, 0.5) is 0 Å². The number of nitrogens with zero attached hydrogens (tertiary/aromatic N) is 3. The summed E-state index contributed by atoms with van der Waals surface area (Å²) in [5, 5.41) is 11.4. The number of carbonyl (C=O) groups excluding carboxylic acids is 2. The van der Waals surface area contributed by atoms with Crippen LogP contribution in [0.3, 0.4) is 0 Å². The summed E-state index contributed by atoms with van der Waals surface area (Å²) in [4.78, 5) is 32.1. The number of ether oxygens (including phenoxy) is 3. The lowest BCUT2D eigenvalue weighted by atomic mass is 9.95. The number of imidazole rings is 1. The molecule has 1 N–H and O–H groups in total. The van der Waals surface area contributed by atoms with Gasteiger partial charge in [-0.3, -0.25) is 9.59 Å². The molecule has 2 aliphatic rings. The highest BCUT2D eigenvalue weighted by Gasteiger charge is 2.45. The second-order valence-electron chi connectivity index (χ2n) is 8.92. The molecule has 1 amide bonds. The first-order valence-electron chi connectivity index (χ1n) is 12.4. The van der Waals surface area contributed by atoms with Crippen LogP contribution in [0.1, 0.15) is 36.9 Å². The van der Waals surface area contributed by atoms with Crippen LogP contribution in [0.2, 0.25) is 0 Å². The molecule has 1 atom stereocenters. The highest BCUT2D eigenvalue weighted by molar-refractivity contribution is 6.46. The van der Waals surface area contributed by atoms with Crippen LogP contribution in [0.25, 0.3) is 5.76 Å². The largest absolute Gasteiger partial charge is 0.507 e. The molecule has 9 heteroatoms. The lowest BCUT2D eigenvalue weighted by Gasteiger charge is -2.26.